The zero-order chi connectivity index (χ0) is 49.7. The maximum atomic E-state index is 12.9. The third kappa shape index (κ3) is 16.9. The highest BCUT2D eigenvalue weighted by molar-refractivity contribution is 5.92. The largest absolute Gasteiger partial charge is 0.490 e. The summed E-state index contributed by atoms with van der Waals surface area (Å²) in [6.45, 7) is 10.3. The molecule has 5 aromatic rings. The van der Waals surface area contributed by atoms with Crippen LogP contribution in [-0.4, -0.2) is 55.8 Å². The predicted molar refractivity (Wildman–Crippen MR) is 266 cm³/mol. The van der Waals surface area contributed by atoms with Crippen LogP contribution in [0, 0.1) is 17.8 Å². The van der Waals surface area contributed by atoms with Gasteiger partial charge in [0, 0.05) is 6.42 Å². The molecular formula is C58H64O12. The van der Waals surface area contributed by atoms with E-state index in [1.807, 2.05) is 30.3 Å². The van der Waals surface area contributed by atoms with Crippen molar-refractivity contribution in [2.75, 3.05) is 19.8 Å². The van der Waals surface area contributed by atoms with Crippen molar-refractivity contribution in [2.24, 2.45) is 17.8 Å². The van der Waals surface area contributed by atoms with Gasteiger partial charge in [0.15, 0.2) is 0 Å². The number of esters is 5. The van der Waals surface area contributed by atoms with Crippen molar-refractivity contribution in [3.05, 3.63) is 151 Å². The van der Waals surface area contributed by atoms with Gasteiger partial charge >= 0.3 is 29.8 Å². The number of ether oxygens (including phenoxy) is 7. The van der Waals surface area contributed by atoms with E-state index in [2.05, 4.69) is 27.4 Å². The van der Waals surface area contributed by atoms with E-state index in [1.54, 1.807) is 97.1 Å². The van der Waals surface area contributed by atoms with Gasteiger partial charge in [-0.2, -0.15) is 0 Å². The van der Waals surface area contributed by atoms with Crippen LogP contribution in [0.1, 0.15) is 122 Å². The maximum Gasteiger partial charge on any atom is 0.343 e. The molecule has 12 heteroatoms. The Morgan fingerprint density at radius 1 is 0.543 bits per heavy atom. The minimum absolute atomic E-state index is 0.00537. The molecule has 3 unspecified atom stereocenters. The molecule has 0 bridgehead atoms. The van der Waals surface area contributed by atoms with Gasteiger partial charge in [0.1, 0.15) is 48.6 Å². The highest BCUT2D eigenvalue weighted by Crippen LogP contribution is 2.35. The van der Waals surface area contributed by atoms with Crippen molar-refractivity contribution in [2.45, 2.75) is 97.5 Å². The standard InChI is InChI=1S/C58H64O12/c1-5-6-7-8-9-10-11-12-13-54(59)67-48-31-21-44(22-32-48)56(61)65-37-36-64-47-25-19-45(20-26-47)57(62)69-50-27-15-42(16-28-50)43-17-29-51(30-18-43)70-58(63)46-23-33-49(34-24-46)68-55(60)39-66-53-38-41(4)14-35-52(53)40(2)3/h5,15-34,40-41,52-53H,1,6-14,35-39H2,2-4H3. The smallest absolute Gasteiger partial charge is 0.343 e. The van der Waals surface area contributed by atoms with Gasteiger partial charge in [0.25, 0.3) is 0 Å². The first-order chi connectivity index (χ1) is 33.9. The van der Waals surface area contributed by atoms with Crippen LogP contribution >= 0.6 is 0 Å². The highest BCUT2D eigenvalue weighted by Gasteiger charge is 2.32. The van der Waals surface area contributed by atoms with Crippen molar-refractivity contribution in [3.63, 3.8) is 0 Å². The number of carbonyl (C=O) groups is 5. The zero-order valence-corrected chi connectivity index (χ0v) is 40.4. The third-order valence-corrected chi connectivity index (χ3v) is 12.2. The molecule has 0 amide bonds. The highest BCUT2D eigenvalue weighted by atomic mass is 16.6. The Morgan fingerprint density at radius 3 is 1.53 bits per heavy atom. The van der Waals surface area contributed by atoms with Gasteiger partial charge in [-0.25, -0.2) is 19.2 Å². The first-order valence-corrected chi connectivity index (χ1v) is 24.3. The molecule has 70 heavy (non-hydrogen) atoms. The SMILES string of the molecule is C=CCCCCCCCCC(=O)Oc1ccc(C(=O)OCCOc2ccc(C(=O)Oc3ccc(-c4ccc(OC(=O)c5ccc(OC(=O)COC6CC(C)CCC6C(C)C)cc5)cc4)cc3)cc2)cc1. The van der Waals surface area contributed by atoms with Gasteiger partial charge in [0.05, 0.1) is 22.8 Å². The number of rotatable bonds is 25. The van der Waals surface area contributed by atoms with Crippen molar-refractivity contribution >= 4 is 29.8 Å². The van der Waals surface area contributed by atoms with Crippen LogP contribution in [0.3, 0.4) is 0 Å². The quantitative estimate of drug-likeness (QED) is 0.0237. The van der Waals surface area contributed by atoms with Crippen LogP contribution in [0.4, 0.5) is 0 Å². The van der Waals surface area contributed by atoms with E-state index in [9.17, 15) is 24.0 Å². The molecule has 368 valence electrons. The molecule has 0 aromatic heterocycles. The molecule has 0 saturated heterocycles. The van der Waals surface area contributed by atoms with Crippen LogP contribution in [0.2, 0.25) is 0 Å². The molecule has 1 saturated carbocycles. The number of hydrogen-bond acceptors (Lipinski definition) is 12. The summed E-state index contributed by atoms with van der Waals surface area (Å²) < 4.78 is 39.1. The first-order valence-electron chi connectivity index (χ1n) is 24.3. The molecule has 0 heterocycles. The normalized spacial score (nSPS) is 15.3. The van der Waals surface area contributed by atoms with Gasteiger partial charge in [-0.15, -0.1) is 6.58 Å². The zero-order valence-electron chi connectivity index (χ0n) is 40.4. The Bertz CT molecular complexity index is 2460. The summed E-state index contributed by atoms with van der Waals surface area (Å²) in [6.07, 6.45) is 12.9. The molecule has 5 aromatic carbocycles. The second-order valence-electron chi connectivity index (χ2n) is 18.0. The fourth-order valence-electron chi connectivity index (χ4n) is 8.24. The second-order valence-corrected chi connectivity index (χ2v) is 18.0. The first kappa shape index (κ1) is 52.3. The van der Waals surface area contributed by atoms with E-state index in [4.69, 9.17) is 33.2 Å². The lowest BCUT2D eigenvalue weighted by Crippen LogP contribution is -2.36. The predicted octanol–water partition coefficient (Wildman–Crippen LogP) is 12.6. The molecule has 0 spiro atoms. The molecule has 3 atom stereocenters. The Hall–Kier alpha value is -7.05. The fraction of sp³-hybridized carbons (Fsp3) is 0.362. The van der Waals surface area contributed by atoms with E-state index in [1.165, 1.54) is 12.8 Å². The van der Waals surface area contributed by atoms with Crippen LogP contribution < -0.4 is 23.7 Å². The van der Waals surface area contributed by atoms with Crippen LogP contribution in [0.25, 0.3) is 11.1 Å². The minimum atomic E-state index is -0.560. The number of hydrogen-bond donors (Lipinski definition) is 0. The maximum absolute atomic E-state index is 12.9. The lowest BCUT2D eigenvalue weighted by Gasteiger charge is -2.36. The molecule has 1 fully saturated rings. The van der Waals surface area contributed by atoms with E-state index < -0.39 is 23.9 Å². The molecular weight excluding hydrogens is 889 g/mol. The summed E-state index contributed by atoms with van der Waals surface area (Å²) in [6, 6.07) is 32.9. The fourth-order valence-corrected chi connectivity index (χ4v) is 8.24. The second kappa shape index (κ2) is 27.2. The number of unbranched alkanes of at least 4 members (excludes halogenated alkanes) is 6. The average molecular weight is 953 g/mol. The van der Waals surface area contributed by atoms with Crippen molar-refractivity contribution in [1.29, 1.82) is 0 Å². The van der Waals surface area contributed by atoms with E-state index in [-0.39, 0.29) is 31.9 Å². The Kier molecular flexibility index (Phi) is 20.3. The average Bonchev–Trinajstić information content (AvgIpc) is 3.36. The van der Waals surface area contributed by atoms with Gasteiger partial charge in [0.2, 0.25) is 0 Å². The van der Waals surface area contributed by atoms with Crippen LogP contribution in [0.5, 0.6) is 28.7 Å². The summed E-state index contributed by atoms with van der Waals surface area (Å²) in [5.74, 6) is 0.910. The minimum Gasteiger partial charge on any atom is -0.490 e. The third-order valence-electron chi connectivity index (χ3n) is 12.2. The molecule has 0 aliphatic heterocycles. The molecule has 1 aliphatic rings. The molecule has 1 aliphatic carbocycles. The molecule has 12 nitrogen and oxygen atoms in total. The number of benzene rings is 5. The molecule has 0 N–H and O–H groups in total. The summed E-state index contributed by atoms with van der Waals surface area (Å²) in [4.78, 5) is 63.1. The molecule has 6 rings (SSSR count). The van der Waals surface area contributed by atoms with E-state index in [0.717, 1.165) is 62.5 Å². The Labute approximate surface area is 411 Å². The van der Waals surface area contributed by atoms with Crippen molar-refractivity contribution < 1.29 is 57.1 Å². The Balaban J connectivity index is 0.859. The van der Waals surface area contributed by atoms with E-state index in [0.29, 0.717) is 69.6 Å². The molecule has 0 radical (unpaired) electrons. The Morgan fingerprint density at radius 2 is 1.00 bits per heavy atom. The van der Waals surface area contributed by atoms with E-state index >= 15 is 0 Å². The monoisotopic (exact) mass is 952 g/mol. The lowest BCUT2D eigenvalue weighted by atomic mass is 9.75. The number of carbonyl (C=O) groups excluding carboxylic acids is 5. The van der Waals surface area contributed by atoms with Crippen molar-refractivity contribution in [1.82, 2.24) is 0 Å². The van der Waals surface area contributed by atoms with Gasteiger partial charge in [-0.3, -0.25) is 4.79 Å². The van der Waals surface area contributed by atoms with Gasteiger partial charge in [-0.05, 0) is 158 Å². The van der Waals surface area contributed by atoms with Crippen molar-refractivity contribution in [3.8, 4) is 39.9 Å². The lowest BCUT2D eigenvalue weighted by molar-refractivity contribution is -0.145. The van der Waals surface area contributed by atoms with Crippen LogP contribution in [-0.2, 0) is 19.1 Å². The number of allylic oxidation sites excluding steroid dienone is 1. The summed E-state index contributed by atoms with van der Waals surface area (Å²) in [7, 11) is 0. The van der Waals surface area contributed by atoms with Crippen LogP contribution in [0.15, 0.2) is 134 Å². The summed E-state index contributed by atoms with van der Waals surface area (Å²) in [5, 5.41) is 0. The topological polar surface area (TPSA) is 150 Å². The summed E-state index contributed by atoms with van der Waals surface area (Å²) in [5.41, 5.74) is 2.64. The van der Waals surface area contributed by atoms with Gasteiger partial charge < -0.3 is 33.2 Å². The van der Waals surface area contributed by atoms with Gasteiger partial charge in [-0.1, -0.05) is 83.2 Å². The summed E-state index contributed by atoms with van der Waals surface area (Å²) >= 11 is 0.